The van der Waals surface area contributed by atoms with Crippen LogP contribution >= 0.6 is 0 Å². The number of piperidine rings is 1. The number of likely N-dealkylation sites (tertiary alicyclic amines) is 1. The van der Waals surface area contributed by atoms with Crippen molar-refractivity contribution in [2.75, 3.05) is 52.7 Å². The highest BCUT2D eigenvalue weighted by Crippen LogP contribution is 2.18. The highest BCUT2D eigenvalue weighted by atomic mass is 16.7. The molecule has 62 heavy (non-hydrogen) atoms. The summed E-state index contributed by atoms with van der Waals surface area (Å²) in [6.07, 6.45) is 37.5. The fraction of sp³-hybridized carbons (Fsp3) is 0.865. The molecule has 10 heteroatoms. The van der Waals surface area contributed by atoms with Crippen LogP contribution in [0, 0.1) is 5.92 Å². The molecule has 1 rings (SSSR count). The molecule has 2 atom stereocenters. The van der Waals surface area contributed by atoms with E-state index in [2.05, 4.69) is 56.9 Å². The van der Waals surface area contributed by atoms with Gasteiger partial charge in [0, 0.05) is 51.4 Å². The van der Waals surface area contributed by atoms with Gasteiger partial charge in [-0.05, 0) is 77.3 Å². The number of rotatable bonds is 43. The van der Waals surface area contributed by atoms with Gasteiger partial charge in [-0.3, -0.25) is 9.59 Å². The van der Waals surface area contributed by atoms with Gasteiger partial charge in [0.1, 0.15) is 6.10 Å². The topological polar surface area (TPSA) is 110 Å². The van der Waals surface area contributed by atoms with Crippen molar-refractivity contribution in [2.24, 2.45) is 5.92 Å². The lowest BCUT2D eigenvalue weighted by molar-refractivity contribution is -0.160. The molecule has 1 fully saturated rings. The lowest BCUT2D eigenvalue weighted by Gasteiger charge is -2.31. The maximum atomic E-state index is 12.9. The molecule has 1 aliphatic rings. The Kier molecular flexibility index (Phi) is 40.7. The monoisotopic (exact) mass is 878 g/mol. The van der Waals surface area contributed by atoms with Crippen LogP contribution in [-0.2, 0) is 38.0 Å². The second kappa shape index (κ2) is 43.8. The molecule has 0 bridgehead atoms. The number of esters is 2. The van der Waals surface area contributed by atoms with Crippen LogP contribution in [0.2, 0.25) is 0 Å². The Hall–Kier alpha value is -2.43. The third kappa shape index (κ3) is 37.0. The fourth-order valence-corrected chi connectivity index (χ4v) is 7.67. The van der Waals surface area contributed by atoms with E-state index in [9.17, 15) is 14.4 Å². The van der Waals surface area contributed by atoms with Gasteiger partial charge in [-0.2, -0.15) is 0 Å². The number of ether oxygens (including phenoxy) is 6. The predicted octanol–water partition coefficient (Wildman–Crippen LogP) is 13.8. The first kappa shape index (κ1) is 57.6. The van der Waals surface area contributed by atoms with E-state index in [0.29, 0.717) is 39.1 Å². The van der Waals surface area contributed by atoms with Crippen LogP contribution < -0.4 is 0 Å². The van der Waals surface area contributed by atoms with Gasteiger partial charge in [0.05, 0.1) is 26.2 Å². The molecule has 0 aromatic carbocycles. The van der Waals surface area contributed by atoms with Crippen molar-refractivity contribution in [1.82, 2.24) is 4.90 Å². The first-order chi connectivity index (χ1) is 30.4. The summed E-state index contributed by atoms with van der Waals surface area (Å²) >= 11 is 0. The number of allylic oxidation sites excluding steroid dienone is 4. The second-order valence-corrected chi connectivity index (χ2v) is 17.4. The normalized spacial score (nSPS) is 15.1. The van der Waals surface area contributed by atoms with Gasteiger partial charge in [-0.15, -0.1) is 0 Å². The molecule has 0 saturated carbocycles. The zero-order valence-electron chi connectivity index (χ0n) is 40.5. The fourth-order valence-electron chi connectivity index (χ4n) is 7.67. The van der Waals surface area contributed by atoms with Gasteiger partial charge < -0.3 is 33.3 Å². The SMILES string of the molecule is CCCCC/C=C\C/C=C\CCCCCCCC(=O)OCCC(CCOC(=O)CCC(OCCCCCCCC)OCCCCCCCC)OC(=O)OCC1CCCN(CC)C1. The molecule has 0 radical (unpaired) electrons. The minimum Gasteiger partial charge on any atom is -0.466 e. The lowest BCUT2D eigenvalue weighted by Crippen LogP contribution is -2.37. The number of nitrogens with zero attached hydrogens (tertiary/aromatic N) is 1. The average molecular weight is 878 g/mol. The molecule has 0 spiro atoms. The van der Waals surface area contributed by atoms with Gasteiger partial charge >= 0.3 is 18.1 Å². The largest absolute Gasteiger partial charge is 0.508 e. The molecule has 0 aromatic heterocycles. The van der Waals surface area contributed by atoms with E-state index in [-0.39, 0.29) is 43.9 Å². The predicted molar refractivity (Wildman–Crippen MR) is 253 cm³/mol. The smallest absolute Gasteiger partial charge is 0.466 e. The number of hydrogen-bond acceptors (Lipinski definition) is 10. The summed E-state index contributed by atoms with van der Waals surface area (Å²) in [6, 6.07) is 0. The molecule has 1 heterocycles. The van der Waals surface area contributed by atoms with E-state index in [4.69, 9.17) is 28.4 Å². The molecular weight excluding hydrogens is 783 g/mol. The maximum absolute atomic E-state index is 12.9. The number of carbonyl (C=O) groups is 3. The average Bonchev–Trinajstić information content (AvgIpc) is 3.27. The third-order valence-electron chi connectivity index (χ3n) is 11.7. The van der Waals surface area contributed by atoms with E-state index < -0.39 is 18.5 Å². The highest BCUT2D eigenvalue weighted by molar-refractivity contribution is 5.69. The van der Waals surface area contributed by atoms with Crippen LogP contribution in [-0.4, -0.2) is 88.1 Å². The van der Waals surface area contributed by atoms with Gasteiger partial charge in [-0.1, -0.05) is 148 Å². The minimum atomic E-state index is -0.737. The summed E-state index contributed by atoms with van der Waals surface area (Å²) in [5.41, 5.74) is 0. The summed E-state index contributed by atoms with van der Waals surface area (Å²) in [6.45, 7) is 13.5. The number of unbranched alkanes of at least 4 members (excludes halogenated alkanes) is 18. The molecule has 0 amide bonds. The van der Waals surface area contributed by atoms with E-state index in [1.54, 1.807) is 0 Å². The van der Waals surface area contributed by atoms with Crippen LogP contribution in [0.1, 0.15) is 220 Å². The first-order valence-electron chi connectivity index (χ1n) is 25.8. The lowest BCUT2D eigenvalue weighted by atomic mass is 9.99. The third-order valence-corrected chi connectivity index (χ3v) is 11.7. The highest BCUT2D eigenvalue weighted by Gasteiger charge is 2.23. The van der Waals surface area contributed by atoms with Crippen molar-refractivity contribution in [2.45, 2.75) is 233 Å². The van der Waals surface area contributed by atoms with Crippen LogP contribution in [0.25, 0.3) is 0 Å². The molecule has 0 aromatic rings. The molecule has 0 N–H and O–H groups in total. The molecule has 1 aliphatic heterocycles. The number of carbonyl (C=O) groups excluding carboxylic acids is 3. The Labute approximate surface area is 380 Å². The number of hydrogen-bond donors (Lipinski definition) is 0. The second-order valence-electron chi connectivity index (χ2n) is 17.4. The van der Waals surface area contributed by atoms with E-state index >= 15 is 0 Å². The van der Waals surface area contributed by atoms with Crippen LogP contribution in [0.5, 0.6) is 0 Å². The van der Waals surface area contributed by atoms with Gasteiger partial charge in [0.2, 0.25) is 0 Å². The Morgan fingerprint density at radius 2 is 1.08 bits per heavy atom. The standard InChI is InChI=1S/C52H95NO9/c1-5-9-12-15-18-19-20-21-22-23-24-25-26-27-30-35-49(54)57-43-38-48(62-52(56)61-46-47-34-33-40-53(8-4)45-47)39-44-58-50(55)36-37-51(59-41-31-28-16-13-10-6-2)60-42-32-29-17-14-11-7-3/h18-19,21-22,47-48,51H,5-17,20,23-46H2,1-4H3/b19-18-,22-21-. The first-order valence-corrected chi connectivity index (χ1v) is 25.8. The summed E-state index contributed by atoms with van der Waals surface area (Å²) in [5.74, 6) is -0.309. The quantitative estimate of drug-likeness (QED) is 0.0193. The van der Waals surface area contributed by atoms with Gasteiger partial charge in [-0.25, -0.2) is 4.79 Å². The summed E-state index contributed by atoms with van der Waals surface area (Å²) in [7, 11) is 0. The van der Waals surface area contributed by atoms with Crippen LogP contribution in [0.3, 0.4) is 0 Å². The Morgan fingerprint density at radius 1 is 0.565 bits per heavy atom. The zero-order valence-corrected chi connectivity index (χ0v) is 40.5. The molecule has 0 aliphatic carbocycles. The van der Waals surface area contributed by atoms with Crippen LogP contribution in [0.4, 0.5) is 4.79 Å². The van der Waals surface area contributed by atoms with Crippen molar-refractivity contribution < 1.29 is 42.8 Å². The summed E-state index contributed by atoms with van der Waals surface area (Å²) < 4.78 is 34.6. The molecular formula is C52H95NO9. The van der Waals surface area contributed by atoms with Gasteiger partial charge in [0.25, 0.3) is 0 Å². The summed E-state index contributed by atoms with van der Waals surface area (Å²) in [4.78, 5) is 40.6. The maximum Gasteiger partial charge on any atom is 0.508 e. The van der Waals surface area contributed by atoms with Crippen molar-refractivity contribution in [3.8, 4) is 0 Å². The molecule has 362 valence electrons. The Bertz CT molecular complexity index is 1080. The van der Waals surface area contributed by atoms with Crippen molar-refractivity contribution in [1.29, 1.82) is 0 Å². The van der Waals surface area contributed by atoms with Crippen molar-refractivity contribution >= 4 is 18.1 Å². The van der Waals surface area contributed by atoms with Crippen molar-refractivity contribution in [3.63, 3.8) is 0 Å². The molecule has 1 saturated heterocycles. The molecule has 10 nitrogen and oxygen atoms in total. The molecule has 2 unspecified atom stereocenters. The van der Waals surface area contributed by atoms with Crippen LogP contribution in [0.15, 0.2) is 24.3 Å². The summed E-state index contributed by atoms with van der Waals surface area (Å²) in [5, 5.41) is 0. The Morgan fingerprint density at radius 3 is 1.68 bits per heavy atom. The Balaban J connectivity index is 2.50. The zero-order chi connectivity index (χ0) is 45.0. The van der Waals surface area contributed by atoms with Gasteiger partial charge in [0.15, 0.2) is 6.29 Å². The minimum absolute atomic E-state index is 0.0761. The van der Waals surface area contributed by atoms with E-state index in [1.807, 2.05) is 0 Å². The van der Waals surface area contributed by atoms with E-state index in [1.165, 1.54) is 83.5 Å². The van der Waals surface area contributed by atoms with E-state index in [0.717, 1.165) is 96.7 Å². The van der Waals surface area contributed by atoms with Crippen molar-refractivity contribution in [3.05, 3.63) is 24.3 Å².